The lowest BCUT2D eigenvalue weighted by Gasteiger charge is -2.24. The topological polar surface area (TPSA) is 15.3 Å². The van der Waals surface area contributed by atoms with Gasteiger partial charge in [-0.25, -0.2) is 4.39 Å². The molecule has 18 heavy (non-hydrogen) atoms. The molecule has 0 heterocycles. The number of benzene rings is 1. The lowest BCUT2D eigenvalue weighted by atomic mass is 10.1. The van der Waals surface area contributed by atoms with Crippen molar-refractivity contribution in [1.29, 1.82) is 0 Å². The Morgan fingerprint density at radius 2 is 1.83 bits per heavy atom. The number of nitrogens with one attached hydrogen (secondary N) is 1. The van der Waals surface area contributed by atoms with Crippen LogP contribution in [0.1, 0.15) is 20.8 Å². The van der Waals surface area contributed by atoms with Crippen molar-refractivity contribution in [3.05, 3.63) is 42.2 Å². The van der Waals surface area contributed by atoms with Crippen LogP contribution in [0.4, 0.5) is 10.1 Å². The molecule has 0 aliphatic carbocycles. The Labute approximate surface area is 110 Å². The van der Waals surface area contributed by atoms with Crippen LogP contribution >= 0.6 is 0 Å². The molecule has 1 aromatic rings. The van der Waals surface area contributed by atoms with Crippen molar-refractivity contribution in [1.82, 2.24) is 5.32 Å². The van der Waals surface area contributed by atoms with E-state index >= 15 is 0 Å². The van der Waals surface area contributed by atoms with E-state index in [1.165, 1.54) is 12.1 Å². The minimum absolute atomic E-state index is 0.0946. The zero-order valence-corrected chi connectivity index (χ0v) is 11.8. The fourth-order valence-corrected chi connectivity index (χ4v) is 1.57. The van der Waals surface area contributed by atoms with Crippen LogP contribution in [-0.4, -0.2) is 25.7 Å². The highest BCUT2D eigenvalue weighted by Gasteiger charge is 2.10. The first-order valence-electron chi connectivity index (χ1n) is 6.16. The van der Waals surface area contributed by atoms with Crippen LogP contribution in [0.25, 0.3) is 0 Å². The van der Waals surface area contributed by atoms with Crippen LogP contribution in [0.5, 0.6) is 0 Å². The summed E-state index contributed by atoms with van der Waals surface area (Å²) in [5.74, 6) is -0.208. The van der Waals surface area contributed by atoms with Gasteiger partial charge in [-0.1, -0.05) is 6.58 Å². The van der Waals surface area contributed by atoms with E-state index in [-0.39, 0.29) is 11.4 Å². The number of nitrogens with zero attached hydrogens (tertiary/aromatic N) is 1. The molecule has 0 saturated heterocycles. The Bertz CT molecular complexity index is 390. The van der Waals surface area contributed by atoms with Gasteiger partial charge in [-0.15, -0.1) is 0 Å². The van der Waals surface area contributed by atoms with E-state index in [0.29, 0.717) is 0 Å². The second-order valence-electron chi connectivity index (χ2n) is 5.69. The Balaban J connectivity index is 2.47. The van der Waals surface area contributed by atoms with Crippen molar-refractivity contribution >= 4 is 5.69 Å². The summed E-state index contributed by atoms with van der Waals surface area (Å²) in [7, 11) is 1.98. The van der Waals surface area contributed by atoms with E-state index in [9.17, 15) is 4.39 Å². The standard InChI is InChI=1S/C15H23FN2/c1-12(10-17-15(2,3)4)11-18(5)14-8-6-13(16)7-9-14/h6-9,17H,1,10-11H2,2-5H3. The van der Waals surface area contributed by atoms with Crippen LogP contribution < -0.4 is 10.2 Å². The summed E-state index contributed by atoms with van der Waals surface area (Å²) in [5, 5.41) is 3.40. The molecule has 0 fully saturated rings. The number of likely N-dealkylation sites (N-methyl/N-ethyl adjacent to an activating group) is 1. The Hall–Kier alpha value is -1.35. The highest BCUT2D eigenvalue weighted by atomic mass is 19.1. The lowest BCUT2D eigenvalue weighted by molar-refractivity contribution is 0.443. The molecule has 0 aliphatic heterocycles. The zero-order valence-electron chi connectivity index (χ0n) is 11.8. The molecule has 0 amide bonds. The molecule has 2 nitrogen and oxygen atoms in total. The summed E-state index contributed by atoms with van der Waals surface area (Å²) < 4.78 is 12.8. The predicted molar refractivity (Wildman–Crippen MR) is 76.6 cm³/mol. The average Bonchev–Trinajstić information content (AvgIpc) is 2.26. The largest absolute Gasteiger partial charge is 0.371 e. The second-order valence-corrected chi connectivity index (χ2v) is 5.69. The third-order valence-electron chi connectivity index (χ3n) is 2.60. The lowest BCUT2D eigenvalue weighted by Crippen LogP contribution is -2.38. The number of rotatable bonds is 5. The monoisotopic (exact) mass is 250 g/mol. The maximum atomic E-state index is 12.8. The van der Waals surface area contributed by atoms with E-state index in [0.717, 1.165) is 24.4 Å². The molecule has 0 unspecified atom stereocenters. The van der Waals surface area contributed by atoms with Crippen molar-refractivity contribution in [3.8, 4) is 0 Å². The second kappa shape index (κ2) is 6.01. The van der Waals surface area contributed by atoms with Crippen molar-refractivity contribution in [2.45, 2.75) is 26.3 Å². The summed E-state index contributed by atoms with van der Waals surface area (Å²) in [6.45, 7) is 12.0. The smallest absolute Gasteiger partial charge is 0.123 e. The third kappa shape index (κ3) is 5.32. The Kier molecular flexibility index (Phi) is 4.91. The molecule has 3 heteroatoms. The molecular formula is C15H23FN2. The van der Waals surface area contributed by atoms with Gasteiger partial charge in [0.15, 0.2) is 0 Å². The first kappa shape index (κ1) is 14.7. The van der Waals surface area contributed by atoms with Crippen molar-refractivity contribution in [2.75, 3.05) is 25.0 Å². The molecule has 0 aromatic heterocycles. The van der Waals surface area contributed by atoms with E-state index in [1.807, 2.05) is 7.05 Å². The summed E-state index contributed by atoms with van der Waals surface area (Å²) in [6.07, 6.45) is 0. The van der Waals surface area contributed by atoms with Gasteiger partial charge in [0.1, 0.15) is 5.82 Å². The molecular weight excluding hydrogens is 227 g/mol. The number of hydrogen-bond donors (Lipinski definition) is 1. The van der Waals surface area contributed by atoms with Gasteiger partial charge in [0.2, 0.25) is 0 Å². The molecule has 0 radical (unpaired) electrons. The van der Waals surface area contributed by atoms with E-state index < -0.39 is 0 Å². The molecule has 0 spiro atoms. The predicted octanol–water partition coefficient (Wildman–Crippen LogP) is 3.21. The Morgan fingerprint density at radius 3 is 2.33 bits per heavy atom. The quantitative estimate of drug-likeness (QED) is 0.807. The van der Waals surface area contributed by atoms with Gasteiger partial charge in [0.05, 0.1) is 0 Å². The van der Waals surface area contributed by atoms with Gasteiger partial charge in [-0.2, -0.15) is 0 Å². The van der Waals surface area contributed by atoms with E-state index in [4.69, 9.17) is 0 Å². The molecule has 1 N–H and O–H groups in total. The van der Waals surface area contributed by atoms with Crippen LogP contribution in [0.2, 0.25) is 0 Å². The first-order valence-corrected chi connectivity index (χ1v) is 6.16. The van der Waals surface area contributed by atoms with Crippen LogP contribution in [-0.2, 0) is 0 Å². The van der Waals surface area contributed by atoms with Gasteiger partial charge in [-0.3, -0.25) is 0 Å². The maximum Gasteiger partial charge on any atom is 0.123 e. The van der Waals surface area contributed by atoms with Gasteiger partial charge in [0, 0.05) is 31.4 Å². The molecule has 0 aliphatic rings. The summed E-state index contributed by atoms with van der Waals surface area (Å²) in [5.41, 5.74) is 2.20. The number of hydrogen-bond acceptors (Lipinski definition) is 2. The SMILES string of the molecule is C=C(CNC(C)(C)C)CN(C)c1ccc(F)cc1. The van der Waals surface area contributed by atoms with Gasteiger partial charge in [-0.05, 0) is 50.6 Å². The van der Waals surface area contributed by atoms with Gasteiger partial charge < -0.3 is 10.2 Å². The molecule has 0 atom stereocenters. The zero-order chi connectivity index (χ0) is 13.8. The van der Waals surface area contributed by atoms with E-state index in [2.05, 4.69) is 37.6 Å². The summed E-state index contributed by atoms with van der Waals surface area (Å²) in [4.78, 5) is 2.06. The normalized spacial score (nSPS) is 11.4. The first-order chi connectivity index (χ1) is 8.28. The van der Waals surface area contributed by atoms with E-state index in [1.54, 1.807) is 12.1 Å². The van der Waals surface area contributed by atoms with Crippen molar-refractivity contribution < 1.29 is 4.39 Å². The highest BCUT2D eigenvalue weighted by molar-refractivity contribution is 5.46. The average molecular weight is 250 g/mol. The Morgan fingerprint density at radius 1 is 1.28 bits per heavy atom. The minimum Gasteiger partial charge on any atom is -0.371 e. The number of halogens is 1. The fourth-order valence-electron chi connectivity index (χ4n) is 1.57. The van der Waals surface area contributed by atoms with Crippen LogP contribution in [0, 0.1) is 5.82 Å². The molecule has 100 valence electrons. The van der Waals surface area contributed by atoms with Crippen molar-refractivity contribution in [3.63, 3.8) is 0 Å². The maximum absolute atomic E-state index is 12.8. The fraction of sp³-hybridized carbons (Fsp3) is 0.467. The van der Waals surface area contributed by atoms with Crippen LogP contribution in [0.15, 0.2) is 36.4 Å². The summed E-state index contributed by atoms with van der Waals surface area (Å²) in [6, 6.07) is 6.50. The number of anilines is 1. The molecule has 0 saturated carbocycles. The molecule has 1 aromatic carbocycles. The van der Waals surface area contributed by atoms with Gasteiger partial charge in [0.25, 0.3) is 0 Å². The molecule has 1 rings (SSSR count). The van der Waals surface area contributed by atoms with Crippen molar-refractivity contribution in [2.24, 2.45) is 0 Å². The summed E-state index contributed by atoms with van der Waals surface area (Å²) >= 11 is 0. The van der Waals surface area contributed by atoms with Gasteiger partial charge >= 0.3 is 0 Å². The molecule has 0 bridgehead atoms. The third-order valence-corrected chi connectivity index (χ3v) is 2.60. The minimum atomic E-state index is -0.208. The van der Waals surface area contributed by atoms with Crippen LogP contribution in [0.3, 0.4) is 0 Å². The highest BCUT2D eigenvalue weighted by Crippen LogP contribution is 2.14.